The molecule has 4 aromatic rings. The highest BCUT2D eigenvalue weighted by Crippen LogP contribution is 2.35. The second kappa shape index (κ2) is 8.51. The smallest absolute Gasteiger partial charge is 0.256 e. The standard InChI is InChI=1S/C24H20ClN5O2/c1-15-16(7-4-9-18(15)25)22-28-23(32-29-22)20-11-6-14-30(20)24(31)17-8-5-13-27-21(17)19-10-2-3-12-26-19/h2-5,7-10,12-13,20H,6,11,14H2,1H3/t20-/m0/s1. The molecule has 1 saturated heterocycles. The van der Waals surface area contributed by atoms with Gasteiger partial charge in [0, 0.05) is 29.5 Å². The van der Waals surface area contributed by atoms with Crippen molar-refractivity contribution < 1.29 is 9.32 Å². The monoisotopic (exact) mass is 445 g/mol. The summed E-state index contributed by atoms with van der Waals surface area (Å²) >= 11 is 6.25. The van der Waals surface area contributed by atoms with Gasteiger partial charge < -0.3 is 9.42 Å². The maximum atomic E-state index is 13.6. The Labute approximate surface area is 190 Å². The molecule has 4 heterocycles. The number of halogens is 1. The first-order valence-corrected chi connectivity index (χ1v) is 10.8. The van der Waals surface area contributed by atoms with Crippen molar-refractivity contribution in [3.05, 3.63) is 83.0 Å². The third-order valence-electron chi connectivity index (χ3n) is 5.69. The molecular formula is C24H20ClN5O2. The van der Waals surface area contributed by atoms with E-state index in [-0.39, 0.29) is 11.9 Å². The van der Waals surface area contributed by atoms with E-state index in [2.05, 4.69) is 20.1 Å². The molecule has 8 heteroatoms. The van der Waals surface area contributed by atoms with Crippen molar-refractivity contribution in [3.8, 4) is 22.8 Å². The molecule has 5 rings (SSSR count). The second-order valence-corrected chi connectivity index (χ2v) is 8.05. The lowest BCUT2D eigenvalue weighted by Crippen LogP contribution is -2.31. The predicted octanol–water partition coefficient (Wildman–Crippen LogP) is 5.13. The van der Waals surface area contributed by atoms with E-state index in [0.717, 1.165) is 24.0 Å². The van der Waals surface area contributed by atoms with Crippen LogP contribution in [0.4, 0.5) is 0 Å². The Morgan fingerprint density at radius 1 is 1.09 bits per heavy atom. The molecule has 0 N–H and O–H groups in total. The fraction of sp³-hybridized carbons (Fsp3) is 0.208. The summed E-state index contributed by atoms with van der Waals surface area (Å²) in [6.45, 7) is 2.52. The number of hydrogen-bond donors (Lipinski definition) is 0. The van der Waals surface area contributed by atoms with E-state index in [1.807, 2.05) is 43.3 Å². The number of nitrogens with zero attached hydrogens (tertiary/aromatic N) is 5. The average Bonchev–Trinajstić information content (AvgIpc) is 3.51. The highest BCUT2D eigenvalue weighted by atomic mass is 35.5. The number of carbonyl (C=O) groups is 1. The maximum absolute atomic E-state index is 13.6. The van der Waals surface area contributed by atoms with Crippen molar-refractivity contribution >= 4 is 17.5 Å². The highest BCUT2D eigenvalue weighted by Gasteiger charge is 2.35. The van der Waals surface area contributed by atoms with Gasteiger partial charge in [-0.25, -0.2) is 0 Å². The number of benzene rings is 1. The van der Waals surface area contributed by atoms with Gasteiger partial charge in [0.15, 0.2) is 0 Å². The first-order chi connectivity index (χ1) is 15.6. The van der Waals surface area contributed by atoms with Crippen LogP contribution in [0.15, 0.2) is 65.4 Å². The van der Waals surface area contributed by atoms with Crippen molar-refractivity contribution in [1.82, 2.24) is 25.0 Å². The summed E-state index contributed by atoms with van der Waals surface area (Å²) in [5, 5.41) is 4.80. The number of hydrogen-bond acceptors (Lipinski definition) is 6. The molecule has 7 nitrogen and oxygen atoms in total. The lowest BCUT2D eigenvalue weighted by atomic mass is 10.1. The van der Waals surface area contributed by atoms with Crippen LogP contribution >= 0.6 is 11.6 Å². The van der Waals surface area contributed by atoms with Crippen LogP contribution in [0.3, 0.4) is 0 Å². The zero-order chi connectivity index (χ0) is 22.1. The predicted molar refractivity (Wildman–Crippen MR) is 120 cm³/mol. The lowest BCUT2D eigenvalue weighted by molar-refractivity contribution is 0.0710. The minimum atomic E-state index is -0.292. The van der Waals surface area contributed by atoms with Gasteiger partial charge in [-0.05, 0) is 55.7 Å². The molecule has 32 heavy (non-hydrogen) atoms. The van der Waals surface area contributed by atoms with E-state index in [4.69, 9.17) is 16.1 Å². The minimum absolute atomic E-state index is 0.125. The SMILES string of the molecule is Cc1c(Cl)cccc1-c1noc([C@@H]2CCCN2C(=O)c2cccnc2-c2ccccn2)n1. The number of pyridine rings is 2. The normalized spacial score (nSPS) is 15.8. The Balaban J connectivity index is 1.46. The molecule has 1 aliphatic heterocycles. The quantitative estimate of drug-likeness (QED) is 0.432. The van der Waals surface area contributed by atoms with Gasteiger partial charge in [0.1, 0.15) is 11.7 Å². The zero-order valence-electron chi connectivity index (χ0n) is 17.4. The Kier molecular flexibility index (Phi) is 5.41. The van der Waals surface area contributed by atoms with Crippen molar-refractivity contribution in [2.75, 3.05) is 6.54 Å². The summed E-state index contributed by atoms with van der Waals surface area (Å²) < 4.78 is 5.60. The van der Waals surface area contributed by atoms with E-state index in [9.17, 15) is 4.79 Å². The zero-order valence-corrected chi connectivity index (χ0v) is 18.2. The Morgan fingerprint density at radius 3 is 2.81 bits per heavy atom. The number of aromatic nitrogens is 4. The fourth-order valence-electron chi connectivity index (χ4n) is 4.04. The van der Waals surface area contributed by atoms with E-state index in [0.29, 0.717) is 40.2 Å². The van der Waals surface area contributed by atoms with Crippen LogP contribution in [0.2, 0.25) is 5.02 Å². The van der Waals surface area contributed by atoms with Gasteiger partial charge >= 0.3 is 0 Å². The minimum Gasteiger partial charge on any atom is -0.337 e. The molecule has 1 atom stereocenters. The van der Waals surface area contributed by atoms with Crippen LogP contribution < -0.4 is 0 Å². The molecule has 0 unspecified atom stereocenters. The number of carbonyl (C=O) groups excluding carboxylic acids is 1. The molecule has 160 valence electrons. The van der Waals surface area contributed by atoms with Crippen LogP contribution in [0.1, 0.15) is 40.7 Å². The number of amides is 1. The second-order valence-electron chi connectivity index (χ2n) is 7.64. The molecular weight excluding hydrogens is 426 g/mol. The molecule has 1 amide bonds. The first kappa shape index (κ1) is 20.3. The fourth-order valence-corrected chi connectivity index (χ4v) is 4.21. The number of rotatable bonds is 4. The maximum Gasteiger partial charge on any atom is 0.256 e. The molecule has 1 fully saturated rings. The van der Waals surface area contributed by atoms with E-state index in [1.54, 1.807) is 29.4 Å². The third kappa shape index (κ3) is 3.65. The van der Waals surface area contributed by atoms with Crippen LogP contribution in [-0.2, 0) is 0 Å². The van der Waals surface area contributed by atoms with Crippen molar-refractivity contribution in [2.45, 2.75) is 25.8 Å². The third-order valence-corrected chi connectivity index (χ3v) is 6.10. The molecule has 0 radical (unpaired) electrons. The summed E-state index contributed by atoms with van der Waals surface area (Å²) in [6.07, 6.45) is 4.96. The summed E-state index contributed by atoms with van der Waals surface area (Å²) in [5.41, 5.74) is 3.42. The van der Waals surface area contributed by atoms with Gasteiger partial charge in [-0.3, -0.25) is 14.8 Å². The molecule has 0 aliphatic carbocycles. The van der Waals surface area contributed by atoms with Gasteiger partial charge in [0.25, 0.3) is 5.91 Å². The molecule has 0 bridgehead atoms. The van der Waals surface area contributed by atoms with Gasteiger partial charge in [0.05, 0.1) is 11.3 Å². The van der Waals surface area contributed by atoms with E-state index >= 15 is 0 Å². The van der Waals surface area contributed by atoms with Crippen LogP contribution in [0.25, 0.3) is 22.8 Å². The van der Waals surface area contributed by atoms with Crippen molar-refractivity contribution in [2.24, 2.45) is 0 Å². The average molecular weight is 446 g/mol. The Bertz CT molecular complexity index is 1270. The first-order valence-electron chi connectivity index (χ1n) is 10.4. The topological polar surface area (TPSA) is 85.0 Å². The van der Waals surface area contributed by atoms with Gasteiger partial charge in [0.2, 0.25) is 11.7 Å². The molecule has 1 aromatic carbocycles. The van der Waals surface area contributed by atoms with E-state index < -0.39 is 0 Å². The molecule has 0 saturated carbocycles. The summed E-state index contributed by atoms with van der Waals surface area (Å²) in [4.78, 5) is 28.7. The summed E-state index contributed by atoms with van der Waals surface area (Å²) in [6, 6.07) is 14.4. The number of likely N-dealkylation sites (tertiary alicyclic amines) is 1. The molecule has 1 aliphatic rings. The Morgan fingerprint density at radius 2 is 1.97 bits per heavy atom. The highest BCUT2D eigenvalue weighted by molar-refractivity contribution is 6.31. The largest absolute Gasteiger partial charge is 0.337 e. The van der Waals surface area contributed by atoms with Gasteiger partial charge in [-0.2, -0.15) is 4.98 Å². The van der Waals surface area contributed by atoms with Crippen LogP contribution in [0.5, 0.6) is 0 Å². The molecule has 0 spiro atoms. The lowest BCUT2D eigenvalue weighted by Gasteiger charge is -2.22. The summed E-state index contributed by atoms with van der Waals surface area (Å²) in [5.74, 6) is 0.767. The Hall–Kier alpha value is -3.58. The van der Waals surface area contributed by atoms with Crippen LogP contribution in [-0.4, -0.2) is 37.5 Å². The van der Waals surface area contributed by atoms with Crippen LogP contribution in [0, 0.1) is 6.92 Å². The summed E-state index contributed by atoms with van der Waals surface area (Å²) in [7, 11) is 0. The van der Waals surface area contributed by atoms with Crippen molar-refractivity contribution in [3.63, 3.8) is 0 Å². The van der Waals surface area contributed by atoms with Gasteiger partial charge in [-0.1, -0.05) is 35.0 Å². The van der Waals surface area contributed by atoms with E-state index in [1.165, 1.54) is 0 Å². The van der Waals surface area contributed by atoms with Gasteiger partial charge in [-0.15, -0.1) is 0 Å². The van der Waals surface area contributed by atoms with Crippen molar-refractivity contribution in [1.29, 1.82) is 0 Å². The molecule has 3 aromatic heterocycles.